The number of hydrogen-bond acceptors (Lipinski definition) is 7. The fraction of sp³-hybridized carbons (Fsp3) is 0.750. The van der Waals surface area contributed by atoms with Gasteiger partial charge in [-0.05, 0) is 50.5 Å². The third-order valence-corrected chi connectivity index (χ3v) is 7.26. The Balaban J connectivity index is 1.43. The van der Waals surface area contributed by atoms with E-state index >= 15 is 0 Å². The molecule has 9 nitrogen and oxygen atoms in total. The molecule has 1 aromatic rings. The van der Waals surface area contributed by atoms with Crippen molar-refractivity contribution in [2.75, 3.05) is 24.7 Å². The highest BCUT2D eigenvalue weighted by Crippen LogP contribution is 2.35. The molecule has 0 unspecified atom stereocenters. The van der Waals surface area contributed by atoms with Gasteiger partial charge in [0, 0.05) is 37.6 Å². The first-order valence-electron chi connectivity index (χ1n) is 11.0. The van der Waals surface area contributed by atoms with Gasteiger partial charge in [-0.1, -0.05) is 0 Å². The maximum atomic E-state index is 12.4. The molecule has 1 aliphatic carbocycles. The number of amides is 1. The summed E-state index contributed by atoms with van der Waals surface area (Å²) in [5, 5.41) is 5.46. The minimum absolute atomic E-state index is 0.0939. The summed E-state index contributed by atoms with van der Waals surface area (Å²) in [6.45, 7) is 2.20. The fourth-order valence-electron chi connectivity index (χ4n) is 4.27. The molecule has 0 aromatic carbocycles. The minimum Gasteiger partial charge on any atom is -0.446 e. The summed E-state index contributed by atoms with van der Waals surface area (Å²) in [6.07, 6.45) is 1.26. The van der Waals surface area contributed by atoms with Crippen molar-refractivity contribution in [1.29, 1.82) is 0 Å². The Kier molecular flexibility index (Phi) is 8.04. The van der Waals surface area contributed by atoms with Crippen molar-refractivity contribution in [3.8, 4) is 0 Å². The summed E-state index contributed by atoms with van der Waals surface area (Å²) in [5.41, 5.74) is 0.907. The van der Waals surface area contributed by atoms with Crippen LogP contribution < -0.4 is 10.6 Å². The van der Waals surface area contributed by atoms with Gasteiger partial charge in [0.05, 0.1) is 12.7 Å². The number of aromatic nitrogens is 2. The zero-order valence-electron chi connectivity index (χ0n) is 18.6. The van der Waals surface area contributed by atoms with Gasteiger partial charge in [-0.15, -0.1) is 0 Å². The van der Waals surface area contributed by atoms with Gasteiger partial charge in [0.1, 0.15) is 6.10 Å². The quantitative estimate of drug-likeness (QED) is 0.600. The van der Waals surface area contributed by atoms with Crippen molar-refractivity contribution in [2.45, 2.75) is 75.7 Å². The fourth-order valence-corrected chi connectivity index (χ4v) is 5.15. The van der Waals surface area contributed by atoms with Gasteiger partial charge in [-0.3, -0.25) is 0 Å². The molecule has 3 rings (SSSR count). The van der Waals surface area contributed by atoms with E-state index in [4.69, 9.17) is 4.74 Å². The first-order chi connectivity index (χ1) is 15.4. The predicted molar refractivity (Wildman–Crippen MR) is 115 cm³/mol. The first kappa shape index (κ1) is 25.5. The third-order valence-electron chi connectivity index (χ3n) is 5.96. The van der Waals surface area contributed by atoms with Gasteiger partial charge < -0.3 is 15.4 Å². The van der Waals surface area contributed by atoms with Crippen LogP contribution in [0.2, 0.25) is 0 Å². The van der Waals surface area contributed by atoms with Crippen molar-refractivity contribution in [2.24, 2.45) is 0 Å². The number of halogens is 3. The minimum atomic E-state index is -4.35. The van der Waals surface area contributed by atoms with E-state index in [1.807, 2.05) is 0 Å². The van der Waals surface area contributed by atoms with Crippen LogP contribution in [0.4, 0.5) is 23.9 Å². The van der Waals surface area contributed by atoms with E-state index in [1.165, 1.54) is 17.5 Å². The van der Waals surface area contributed by atoms with Gasteiger partial charge in [0.15, 0.2) is 0 Å². The molecule has 1 aliphatic heterocycles. The summed E-state index contributed by atoms with van der Waals surface area (Å²) >= 11 is 0. The Morgan fingerprint density at radius 1 is 1.21 bits per heavy atom. The lowest BCUT2D eigenvalue weighted by molar-refractivity contribution is -0.138. The number of nitrogens with zero attached hydrogens (tertiary/aromatic N) is 3. The molecule has 2 fully saturated rings. The number of rotatable bonds is 7. The van der Waals surface area contributed by atoms with E-state index in [1.54, 1.807) is 12.4 Å². The Morgan fingerprint density at radius 2 is 1.85 bits per heavy atom. The molecule has 1 amide bonds. The van der Waals surface area contributed by atoms with Gasteiger partial charge in [-0.25, -0.2) is 27.5 Å². The zero-order chi connectivity index (χ0) is 24.2. The highest BCUT2D eigenvalue weighted by atomic mass is 32.2. The molecule has 0 spiro atoms. The van der Waals surface area contributed by atoms with Crippen molar-refractivity contribution < 1.29 is 31.1 Å². The van der Waals surface area contributed by atoms with Crippen molar-refractivity contribution >= 4 is 22.1 Å². The van der Waals surface area contributed by atoms with Crippen LogP contribution in [-0.2, 0) is 14.8 Å². The number of nitrogens with one attached hydrogen (secondary N) is 2. The van der Waals surface area contributed by atoms with Gasteiger partial charge in [-0.2, -0.15) is 13.2 Å². The van der Waals surface area contributed by atoms with Gasteiger partial charge in [0.2, 0.25) is 16.0 Å². The largest absolute Gasteiger partial charge is 0.446 e. The zero-order valence-corrected chi connectivity index (χ0v) is 19.5. The number of sulfonamides is 1. The van der Waals surface area contributed by atoms with Crippen LogP contribution in [-0.4, -0.2) is 72.5 Å². The van der Waals surface area contributed by atoms with Gasteiger partial charge >= 0.3 is 12.3 Å². The second-order valence-corrected chi connectivity index (χ2v) is 10.8. The number of carbonyl (C=O) groups excluding carboxylic acids is 1. The smallest absolute Gasteiger partial charge is 0.407 e. The molecule has 1 saturated heterocycles. The predicted octanol–water partition coefficient (Wildman–Crippen LogP) is 3.02. The standard InChI is InChI=1S/C20H30F3N5O4S/c1-13(10-20(21,22)23)26-19(29)32-17-4-3-14(9-17)15-11-24-18(25-12-15)27-16-5-7-28(8-6-16)33(2,30)31/h11-14,16-17H,3-10H2,1-2H3,(H,26,29)(H,24,25,27)/t13-,14+,17-/m0/s1. The molecule has 186 valence electrons. The van der Waals surface area contributed by atoms with Crippen LogP contribution in [0.1, 0.15) is 56.9 Å². The maximum absolute atomic E-state index is 12.4. The number of anilines is 1. The average Bonchev–Trinajstić information content (AvgIpc) is 3.15. The van der Waals surface area contributed by atoms with E-state index in [0.29, 0.717) is 44.7 Å². The molecule has 33 heavy (non-hydrogen) atoms. The van der Waals surface area contributed by atoms with Gasteiger partial charge in [0.25, 0.3) is 0 Å². The molecule has 3 atom stereocenters. The number of piperidine rings is 1. The Labute approximate surface area is 191 Å². The molecule has 0 radical (unpaired) electrons. The number of ether oxygens (including phenoxy) is 1. The summed E-state index contributed by atoms with van der Waals surface area (Å²) in [6, 6.07) is -0.960. The SMILES string of the molecule is C[C@@H](CC(F)(F)F)NC(=O)O[C@H]1CC[C@@H](c2cnc(NC3CCN(S(C)(=O)=O)CC3)nc2)C1. The molecular formula is C20H30F3N5O4S. The van der Waals surface area contributed by atoms with Crippen LogP contribution in [0.25, 0.3) is 0 Å². The molecular weight excluding hydrogens is 463 g/mol. The molecule has 2 N–H and O–H groups in total. The monoisotopic (exact) mass is 493 g/mol. The molecule has 1 saturated carbocycles. The second-order valence-electron chi connectivity index (χ2n) is 8.82. The Bertz CT molecular complexity index is 905. The van der Waals surface area contributed by atoms with Crippen LogP contribution in [0.3, 0.4) is 0 Å². The molecule has 2 heterocycles. The van der Waals surface area contributed by atoms with E-state index < -0.39 is 34.8 Å². The Hall–Kier alpha value is -2.15. The molecule has 0 bridgehead atoms. The van der Waals surface area contributed by atoms with E-state index in [2.05, 4.69) is 20.6 Å². The second kappa shape index (κ2) is 10.4. The summed E-state index contributed by atoms with van der Waals surface area (Å²) in [5.74, 6) is 0.572. The van der Waals surface area contributed by atoms with E-state index in [0.717, 1.165) is 12.0 Å². The van der Waals surface area contributed by atoms with Crippen LogP contribution in [0.5, 0.6) is 0 Å². The van der Waals surface area contributed by atoms with Crippen molar-refractivity contribution in [1.82, 2.24) is 19.6 Å². The maximum Gasteiger partial charge on any atom is 0.407 e. The first-order valence-corrected chi connectivity index (χ1v) is 12.8. The number of hydrogen-bond donors (Lipinski definition) is 2. The van der Waals surface area contributed by atoms with Crippen LogP contribution in [0.15, 0.2) is 12.4 Å². The van der Waals surface area contributed by atoms with E-state index in [9.17, 15) is 26.4 Å². The van der Waals surface area contributed by atoms with Crippen molar-refractivity contribution in [3.05, 3.63) is 18.0 Å². The highest BCUT2D eigenvalue weighted by Gasteiger charge is 2.33. The number of alkyl halides is 3. The lowest BCUT2D eigenvalue weighted by atomic mass is 10.0. The van der Waals surface area contributed by atoms with Crippen LogP contribution >= 0.6 is 0 Å². The summed E-state index contributed by atoms with van der Waals surface area (Å²) < 4.78 is 67.1. The topological polar surface area (TPSA) is 114 Å². The van der Waals surface area contributed by atoms with Crippen molar-refractivity contribution in [3.63, 3.8) is 0 Å². The molecule has 1 aromatic heterocycles. The highest BCUT2D eigenvalue weighted by molar-refractivity contribution is 7.88. The van der Waals surface area contributed by atoms with Crippen LogP contribution in [0, 0.1) is 0 Å². The Morgan fingerprint density at radius 3 is 2.42 bits per heavy atom. The third kappa shape index (κ3) is 7.98. The van der Waals surface area contributed by atoms with E-state index in [-0.39, 0.29) is 18.1 Å². The lowest BCUT2D eigenvalue weighted by Crippen LogP contribution is -2.42. The lowest BCUT2D eigenvalue weighted by Gasteiger charge is -2.30. The average molecular weight is 494 g/mol. The summed E-state index contributed by atoms with van der Waals surface area (Å²) in [4.78, 5) is 20.6. The molecule has 2 aliphatic rings. The normalized spacial score (nSPS) is 23.8. The summed E-state index contributed by atoms with van der Waals surface area (Å²) in [7, 11) is -3.17. The number of carbonyl (C=O) groups is 1. The molecule has 13 heteroatoms. The number of alkyl carbamates (subject to hydrolysis) is 1.